The standard InChI is InChI=1S/C30H30N2O10/c1-8-11(2)30(39)42-10-16-17-14(22(33)12(3)27(40-6)25(17)36)9-15-20-18-19(23(34)13(4)28(41-7)26(18)37)24(35)21(31(20)5)29(38)32(15)16/h8-9,18,27-28H,10H2,1-7H3,(H2-,33,34,35)/p+1. The van der Waals surface area contributed by atoms with E-state index in [0.717, 1.165) is 4.40 Å². The number of allylic oxidation sites excluding steroid dienone is 2. The molecule has 3 unspecified atom stereocenters. The molecule has 3 heterocycles. The molecule has 0 radical (unpaired) electrons. The van der Waals surface area contributed by atoms with Crippen LogP contribution in [-0.2, 0) is 37.5 Å². The normalized spacial score (nSPS) is 22.2. The second-order valence-electron chi connectivity index (χ2n) is 10.5. The van der Waals surface area contributed by atoms with Crippen molar-refractivity contribution in [2.45, 2.75) is 52.4 Å². The van der Waals surface area contributed by atoms with Crippen LogP contribution in [0.4, 0.5) is 0 Å². The number of hydrogen-bond acceptors (Lipinski definition) is 10. The molecule has 2 bridgehead atoms. The van der Waals surface area contributed by atoms with E-state index in [4.69, 9.17) is 14.2 Å². The number of aliphatic hydroxyl groups is 3. The summed E-state index contributed by atoms with van der Waals surface area (Å²) in [6, 6.07) is 1.40. The third-order valence-corrected chi connectivity index (χ3v) is 8.39. The van der Waals surface area contributed by atoms with Gasteiger partial charge in [-0.3, -0.25) is 18.8 Å². The van der Waals surface area contributed by atoms with Gasteiger partial charge in [0.15, 0.2) is 11.6 Å². The maximum Gasteiger partial charge on any atom is 0.333 e. The van der Waals surface area contributed by atoms with Crippen molar-refractivity contribution in [3.05, 3.63) is 78.8 Å². The number of carbonyl (C=O) groups excluding carboxylic acids is 3. The van der Waals surface area contributed by atoms with Crippen molar-refractivity contribution in [3.63, 3.8) is 0 Å². The molecule has 0 aromatic carbocycles. The van der Waals surface area contributed by atoms with Crippen LogP contribution < -0.4 is 10.1 Å². The van der Waals surface area contributed by atoms with E-state index in [0.29, 0.717) is 0 Å². The van der Waals surface area contributed by atoms with Crippen molar-refractivity contribution < 1.29 is 48.5 Å². The molecule has 0 fully saturated rings. The largest absolute Gasteiger partial charge is 0.507 e. The van der Waals surface area contributed by atoms with Crippen molar-refractivity contribution in [1.82, 2.24) is 4.40 Å². The number of carbonyl (C=O) groups is 3. The second kappa shape index (κ2) is 10.1. The van der Waals surface area contributed by atoms with Gasteiger partial charge < -0.3 is 29.5 Å². The molecule has 220 valence electrons. The molecular weight excluding hydrogens is 548 g/mol. The fraction of sp³-hybridized carbons (Fsp3) is 0.367. The summed E-state index contributed by atoms with van der Waals surface area (Å²) in [5.41, 5.74) is -0.399. The van der Waals surface area contributed by atoms with Gasteiger partial charge in [0, 0.05) is 36.5 Å². The molecule has 3 atom stereocenters. The van der Waals surface area contributed by atoms with E-state index in [9.17, 15) is 34.5 Å². The lowest BCUT2D eigenvalue weighted by atomic mass is 9.76. The number of Topliss-reactive ketones (excluding diaryl/α,β-unsaturated/α-hetero) is 2. The highest BCUT2D eigenvalue weighted by atomic mass is 16.5. The van der Waals surface area contributed by atoms with Gasteiger partial charge in [-0.15, -0.1) is 0 Å². The van der Waals surface area contributed by atoms with Crippen LogP contribution in [0, 0.1) is 0 Å². The number of esters is 1. The van der Waals surface area contributed by atoms with Crippen molar-refractivity contribution >= 4 is 34.6 Å². The number of ether oxygens (including phenoxy) is 3. The Labute approximate surface area is 240 Å². The lowest BCUT2D eigenvalue weighted by Gasteiger charge is -2.33. The monoisotopic (exact) mass is 579 g/mol. The van der Waals surface area contributed by atoms with Gasteiger partial charge in [0.05, 0.1) is 16.8 Å². The first-order valence-electron chi connectivity index (χ1n) is 13.2. The first-order valence-corrected chi connectivity index (χ1v) is 13.2. The van der Waals surface area contributed by atoms with Crippen LogP contribution >= 0.6 is 0 Å². The summed E-state index contributed by atoms with van der Waals surface area (Å²) in [6.07, 6.45) is -0.767. The predicted molar refractivity (Wildman–Crippen MR) is 148 cm³/mol. The maximum absolute atomic E-state index is 14.2. The molecule has 42 heavy (non-hydrogen) atoms. The highest BCUT2D eigenvalue weighted by Gasteiger charge is 2.52. The maximum atomic E-state index is 14.2. The number of nitrogens with zero attached hydrogens (tertiary/aromatic N) is 2. The quantitative estimate of drug-likeness (QED) is 0.272. The summed E-state index contributed by atoms with van der Waals surface area (Å²) in [6.45, 7) is 5.65. The van der Waals surface area contributed by atoms with Gasteiger partial charge in [-0.25, -0.2) is 4.79 Å². The Morgan fingerprint density at radius 2 is 1.64 bits per heavy atom. The minimum Gasteiger partial charge on any atom is -0.507 e. The zero-order valence-electron chi connectivity index (χ0n) is 24.2. The van der Waals surface area contributed by atoms with Crippen molar-refractivity contribution in [2.24, 2.45) is 7.05 Å². The molecule has 0 saturated heterocycles. The third-order valence-electron chi connectivity index (χ3n) is 8.39. The van der Waals surface area contributed by atoms with Crippen molar-refractivity contribution in [3.8, 4) is 0 Å². The van der Waals surface area contributed by atoms with E-state index in [2.05, 4.69) is 0 Å². The summed E-state index contributed by atoms with van der Waals surface area (Å²) in [4.78, 5) is 54.3. The Kier molecular flexibility index (Phi) is 6.94. The van der Waals surface area contributed by atoms with Gasteiger partial charge in [0.2, 0.25) is 11.5 Å². The zero-order valence-corrected chi connectivity index (χ0v) is 24.2. The number of ketones is 2. The minimum atomic E-state index is -1.27. The summed E-state index contributed by atoms with van der Waals surface area (Å²) >= 11 is 0. The molecule has 1 aliphatic heterocycles. The Balaban J connectivity index is 1.95. The predicted octanol–water partition coefficient (Wildman–Crippen LogP) is 2.43. The minimum absolute atomic E-state index is 0.0471. The van der Waals surface area contributed by atoms with E-state index in [1.165, 1.54) is 45.7 Å². The Morgan fingerprint density at radius 1 is 1.02 bits per heavy atom. The van der Waals surface area contributed by atoms with E-state index in [-0.39, 0.29) is 67.5 Å². The van der Waals surface area contributed by atoms with Gasteiger partial charge in [-0.05, 0) is 33.8 Å². The molecule has 3 aliphatic rings. The number of rotatable bonds is 5. The van der Waals surface area contributed by atoms with Crippen molar-refractivity contribution in [2.75, 3.05) is 14.2 Å². The van der Waals surface area contributed by atoms with E-state index < -0.39 is 53.6 Å². The Morgan fingerprint density at radius 3 is 2.24 bits per heavy atom. The summed E-state index contributed by atoms with van der Waals surface area (Å²) in [7, 11) is 4.10. The number of aliphatic hydroxyl groups excluding tert-OH is 3. The van der Waals surface area contributed by atoms with Crippen molar-refractivity contribution in [1.29, 1.82) is 0 Å². The van der Waals surface area contributed by atoms with Crippen LogP contribution in [0.1, 0.15) is 66.6 Å². The summed E-state index contributed by atoms with van der Waals surface area (Å²) in [5, 5.41) is 33.7. The van der Waals surface area contributed by atoms with E-state index >= 15 is 0 Å². The average molecular weight is 580 g/mol. The van der Waals surface area contributed by atoms with Crippen LogP contribution in [0.3, 0.4) is 0 Å². The van der Waals surface area contributed by atoms with Crippen LogP contribution in [0.15, 0.2) is 45.0 Å². The van der Waals surface area contributed by atoms with Gasteiger partial charge >= 0.3 is 17.2 Å². The smallest absolute Gasteiger partial charge is 0.333 e. The lowest BCUT2D eigenvalue weighted by Crippen LogP contribution is -2.53. The van der Waals surface area contributed by atoms with E-state index in [1.54, 1.807) is 19.9 Å². The highest BCUT2D eigenvalue weighted by Crippen LogP contribution is 2.44. The second-order valence-corrected chi connectivity index (χ2v) is 10.5. The van der Waals surface area contributed by atoms with Gasteiger partial charge in [0.25, 0.3) is 0 Å². The number of fused-ring (bicyclic) bond motifs is 7. The van der Waals surface area contributed by atoms with Crippen LogP contribution in [0.25, 0.3) is 17.0 Å². The SMILES string of the molecule is CC=C(C)C(=O)OCc1c2c(cc3c4[n+](C)c(c(=O)n13)C(O)=C1C(O)=C(C)C(OC)C(=O)C14)C(O)=C(C)C(OC)C2=O. The summed E-state index contributed by atoms with van der Waals surface area (Å²) < 4.78 is 18.7. The van der Waals surface area contributed by atoms with Gasteiger partial charge in [0.1, 0.15) is 48.8 Å². The number of hydrogen-bond donors (Lipinski definition) is 3. The molecule has 0 spiro atoms. The zero-order chi connectivity index (χ0) is 30.9. The molecule has 12 heteroatoms. The molecule has 0 amide bonds. The fourth-order valence-corrected chi connectivity index (χ4v) is 6.08. The molecule has 5 rings (SSSR count). The lowest BCUT2D eigenvalue weighted by molar-refractivity contribution is -0.683. The fourth-order valence-electron chi connectivity index (χ4n) is 6.08. The van der Waals surface area contributed by atoms with E-state index in [1.807, 2.05) is 0 Å². The van der Waals surface area contributed by atoms with Gasteiger partial charge in [-0.1, -0.05) is 6.08 Å². The summed E-state index contributed by atoms with van der Waals surface area (Å²) in [5.74, 6) is -4.32. The molecule has 2 aromatic rings. The third kappa shape index (κ3) is 3.71. The molecule has 2 aliphatic carbocycles. The van der Waals surface area contributed by atoms with Crippen LogP contribution in [-0.4, -0.2) is 63.7 Å². The van der Waals surface area contributed by atoms with Gasteiger partial charge in [-0.2, -0.15) is 4.57 Å². The number of aromatic nitrogens is 2. The first kappa shape index (κ1) is 29.0. The molecule has 0 saturated carbocycles. The van der Waals surface area contributed by atoms with Crippen LogP contribution in [0.2, 0.25) is 0 Å². The topological polar surface area (TPSA) is 165 Å². The molecule has 2 aromatic heterocycles. The number of pyridine rings is 1. The highest BCUT2D eigenvalue weighted by molar-refractivity contribution is 6.10. The first-order chi connectivity index (χ1) is 19.8. The Hall–Kier alpha value is -4.55. The molecule has 12 nitrogen and oxygen atoms in total. The number of methoxy groups -OCH3 is 2. The molecular formula is C30H31N2O10+. The molecule has 3 N–H and O–H groups in total. The Bertz CT molecular complexity index is 1820. The average Bonchev–Trinajstić information content (AvgIpc) is 2.96. The van der Waals surface area contributed by atoms with Crippen LogP contribution in [0.5, 0.6) is 0 Å².